The van der Waals surface area contributed by atoms with Crippen LogP contribution in [0.15, 0.2) is 18.2 Å². The van der Waals surface area contributed by atoms with E-state index in [-0.39, 0.29) is 30.8 Å². The summed E-state index contributed by atoms with van der Waals surface area (Å²) in [6.45, 7) is 1.69. The van der Waals surface area contributed by atoms with Gasteiger partial charge in [0.15, 0.2) is 0 Å². The fraction of sp³-hybridized carbons (Fsp3) is 0.385. The zero-order valence-electron chi connectivity index (χ0n) is 11.0. The topological polar surface area (TPSA) is 61.4 Å². The van der Waals surface area contributed by atoms with E-state index in [2.05, 4.69) is 10.6 Å². The molecule has 6 heteroatoms. The lowest BCUT2D eigenvalue weighted by Crippen LogP contribution is -2.36. The van der Waals surface area contributed by atoms with Gasteiger partial charge in [0, 0.05) is 32.7 Å². The summed E-state index contributed by atoms with van der Waals surface area (Å²) in [5.74, 6) is -0.328. The molecule has 0 bridgehead atoms. The van der Waals surface area contributed by atoms with Gasteiger partial charge in [0.05, 0.1) is 6.54 Å². The largest absolute Gasteiger partial charge is 0.347 e. The van der Waals surface area contributed by atoms with Crippen LogP contribution in [0.2, 0.25) is 0 Å². The van der Waals surface area contributed by atoms with Crippen molar-refractivity contribution in [1.29, 1.82) is 0 Å². The molecule has 0 radical (unpaired) electrons. The van der Waals surface area contributed by atoms with Gasteiger partial charge in [0.1, 0.15) is 0 Å². The first-order valence-corrected chi connectivity index (χ1v) is 5.89. The van der Waals surface area contributed by atoms with Crippen LogP contribution in [0.3, 0.4) is 0 Å². The second kappa shape index (κ2) is 6.54. The molecule has 2 rings (SSSR count). The monoisotopic (exact) mass is 283 g/mol. The van der Waals surface area contributed by atoms with Gasteiger partial charge in [0.2, 0.25) is 5.91 Å². The molecule has 2 amide bonds. The minimum Gasteiger partial charge on any atom is -0.347 e. The molecule has 2 N–H and O–H groups in total. The Kier molecular flexibility index (Phi) is 5.32. The molecule has 0 aliphatic carbocycles. The van der Waals surface area contributed by atoms with Crippen molar-refractivity contribution < 1.29 is 9.59 Å². The van der Waals surface area contributed by atoms with E-state index in [0.717, 1.165) is 18.7 Å². The maximum atomic E-state index is 11.9. The molecule has 104 valence electrons. The van der Waals surface area contributed by atoms with Crippen molar-refractivity contribution in [3.8, 4) is 0 Å². The molecule has 0 fully saturated rings. The first kappa shape index (κ1) is 15.5. The van der Waals surface area contributed by atoms with E-state index in [9.17, 15) is 9.59 Å². The van der Waals surface area contributed by atoms with Crippen molar-refractivity contribution in [2.24, 2.45) is 0 Å². The zero-order valence-corrected chi connectivity index (χ0v) is 11.8. The third-order valence-corrected chi connectivity index (χ3v) is 3.00. The van der Waals surface area contributed by atoms with E-state index in [1.807, 2.05) is 12.1 Å². The molecule has 0 saturated carbocycles. The third kappa shape index (κ3) is 3.68. The number of hydrogen-bond acceptors (Lipinski definition) is 3. The second-order valence-electron chi connectivity index (χ2n) is 4.56. The number of carbonyl (C=O) groups excluding carboxylic acids is 2. The van der Waals surface area contributed by atoms with Gasteiger partial charge >= 0.3 is 0 Å². The smallest absolute Gasteiger partial charge is 0.251 e. The lowest BCUT2D eigenvalue weighted by Gasteiger charge is -2.11. The van der Waals surface area contributed by atoms with Crippen LogP contribution >= 0.6 is 12.4 Å². The molecule has 5 nitrogen and oxygen atoms in total. The number of benzene rings is 1. The van der Waals surface area contributed by atoms with Crippen molar-refractivity contribution in [1.82, 2.24) is 15.5 Å². The van der Waals surface area contributed by atoms with Crippen LogP contribution in [0.5, 0.6) is 0 Å². The minimum atomic E-state index is -0.208. The first-order valence-electron chi connectivity index (χ1n) is 5.89. The van der Waals surface area contributed by atoms with Gasteiger partial charge in [-0.1, -0.05) is 6.07 Å². The first-order chi connectivity index (χ1) is 8.58. The van der Waals surface area contributed by atoms with E-state index >= 15 is 0 Å². The average Bonchev–Trinajstić information content (AvgIpc) is 2.82. The van der Waals surface area contributed by atoms with Crippen molar-refractivity contribution in [2.45, 2.75) is 13.1 Å². The normalized spacial score (nSPS) is 12.3. The number of nitrogens with one attached hydrogen (secondary N) is 2. The average molecular weight is 284 g/mol. The lowest BCUT2D eigenvalue weighted by molar-refractivity contribution is -0.127. The summed E-state index contributed by atoms with van der Waals surface area (Å²) in [4.78, 5) is 24.7. The van der Waals surface area contributed by atoms with Crippen molar-refractivity contribution in [3.05, 3.63) is 34.9 Å². The molecule has 19 heavy (non-hydrogen) atoms. The van der Waals surface area contributed by atoms with Crippen molar-refractivity contribution in [2.75, 3.05) is 20.6 Å². The van der Waals surface area contributed by atoms with Crippen LogP contribution in [0, 0.1) is 0 Å². The zero-order chi connectivity index (χ0) is 13.1. The van der Waals surface area contributed by atoms with Crippen molar-refractivity contribution in [3.63, 3.8) is 0 Å². The fourth-order valence-electron chi connectivity index (χ4n) is 1.85. The van der Waals surface area contributed by atoms with Gasteiger partial charge in [-0.2, -0.15) is 0 Å². The number of carbonyl (C=O) groups is 2. The molecule has 0 saturated heterocycles. The van der Waals surface area contributed by atoms with Gasteiger partial charge in [0.25, 0.3) is 5.91 Å². The molecule has 1 aromatic carbocycles. The Morgan fingerprint density at radius 2 is 1.95 bits per heavy atom. The quantitative estimate of drug-likeness (QED) is 0.851. The summed E-state index contributed by atoms with van der Waals surface area (Å²) in [5, 5.41) is 5.85. The molecular formula is C13H18ClN3O2. The highest BCUT2D eigenvalue weighted by Crippen LogP contribution is 2.16. The minimum absolute atomic E-state index is 0. The van der Waals surface area contributed by atoms with Gasteiger partial charge in [-0.15, -0.1) is 12.4 Å². The maximum Gasteiger partial charge on any atom is 0.251 e. The van der Waals surface area contributed by atoms with Gasteiger partial charge in [-0.3, -0.25) is 9.59 Å². The number of hydrogen-bond donors (Lipinski definition) is 2. The number of likely N-dealkylation sites (N-methyl/N-ethyl adjacent to an activating group) is 1. The third-order valence-electron chi connectivity index (χ3n) is 3.00. The summed E-state index contributed by atoms with van der Waals surface area (Å²) >= 11 is 0. The van der Waals surface area contributed by atoms with E-state index in [0.29, 0.717) is 5.56 Å². The Bertz CT molecular complexity index is 489. The molecule has 0 atom stereocenters. The Morgan fingerprint density at radius 3 is 2.63 bits per heavy atom. The van der Waals surface area contributed by atoms with Crippen LogP contribution < -0.4 is 10.6 Å². The standard InChI is InChI=1S/C13H17N3O2.ClH/c1-16(2)12(17)8-15-13(18)9-3-4-10-6-14-7-11(10)5-9;/h3-5,14H,6-8H2,1-2H3,(H,15,18);1H. The summed E-state index contributed by atoms with van der Waals surface area (Å²) in [7, 11) is 3.32. The van der Waals surface area contributed by atoms with Crippen LogP contribution in [-0.2, 0) is 17.9 Å². The van der Waals surface area contributed by atoms with Gasteiger partial charge in [-0.05, 0) is 23.3 Å². The summed E-state index contributed by atoms with van der Waals surface area (Å²) in [6.07, 6.45) is 0. The number of rotatable bonds is 3. The SMILES string of the molecule is CN(C)C(=O)CNC(=O)c1ccc2c(c1)CNC2.Cl. The van der Waals surface area contributed by atoms with E-state index in [1.165, 1.54) is 10.5 Å². The summed E-state index contributed by atoms with van der Waals surface area (Å²) < 4.78 is 0. The fourth-order valence-corrected chi connectivity index (χ4v) is 1.85. The van der Waals surface area contributed by atoms with E-state index in [1.54, 1.807) is 20.2 Å². The number of halogens is 1. The van der Waals surface area contributed by atoms with Gasteiger partial charge in [-0.25, -0.2) is 0 Å². The number of amides is 2. The summed E-state index contributed by atoms with van der Waals surface area (Å²) in [6, 6.07) is 5.63. The summed E-state index contributed by atoms with van der Waals surface area (Å²) in [5.41, 5.74) is 2.99. The maximum absolute atomic E-state index is 11.9. The molecule has 0 unspecified atom stereocenters. The van der Waals surface area contributed by atoms with E-state index in [4.69, 9.17) is 0 Å². The van der Waals surface area contributed by atoms with Gasteiger partial charge < -0.3 is 15.5 Å². The number of fused-ring (bicyclic) bond motifs is 1. The van der Waals surface area contributed by atoms with Crippen LogP contribution in [0.1, 0.15) is 21.5 Å². The van der Waals surface area contributed by atoms with Crippen LogP contribution in [0.25, 0.3) is 0 Å². The molecule has 0 spiro atoms. The Hall–Kier alpha value is -1.59. The molecule has 1 aromatic rings. The molecule has 0 aromatic heterocycles. The highest BCUT2D eigenvalue weighted by Gasteiger charge is 2.14. The Morgan fingerprint density at radius 1 is 1.26 bits per heavy atom. The highest BCUT2D eigenvalue weighted by molar-refractivity contribution is 5.96. The number of nitrogens with zero attached hydrogens (tertiary/aromatic N) is 1. The molecular weight excluding hydrogens is 266 g/mol. The van der Waals surface area contributed by atoms with Crippen molar-refractivity contribution >= 4 is 24.2 Å². The van der Waals surface area contributed by atoms with Crippen LogP contribution in [-0.4, -0.2) is 37.4 Å². The van der Waals surface area contributed by atoms with Crippen LogP contribution in [0.4, 0.5) is 0 Å². The Balaban J connectivity index is 0.00000180. The van der Waals surface area contributed by atoms with E-state index < -0.39 is 0 Å². The second-order valence-corrected chi connectivity index (χ2v) is 4.56. The molecule has 1 aliphatic rings. The molecule has 1 heterocycles. The predicted octanol–water partition coefficient (Wildman–Crippen LogP) is 0.530. The Labute approximate surface area is 118 Å². The highest BCUT2D eigenvalue weighted by atomic mass is 35.5. The predicted molar refractivity (Wildman–Crippen MR) is 75.3 cm³/mol. The molecule has 1 aliphatic heterocycles. The lowest BCUT2D eigenvalue weighted by atomic mass is 10.1.